The lowest BCUT2D eigenvalue weighted by Gasteiger charge is -2.30. The Balaban J connectivity index is 1.77. The summed E-state index contributed by atoms with van der Waals surface area (Å²) in [5.74, 6) is -0.157. The summed E-state index contributed by atoms with van der Waals surface area (Å²) in [7, 11) is 1.59. The maximum Gasteiger partial charge on any atom is 0.242 e. The van der Waals surface area contributed by atoms with Crippen molar-refractivity contribution in [2.75, 3.05) is 7.11 Å². The molecular weight excluding hydrogens is 383 g/mol. The quantitative estimate of drug-likeness (QED) is 0.716. The molecule has 1 fully saturated rings. The van der Waals surface area contributed by atoms with E-state index >= 15 is 0 Å². The van der Waals surface area contributed by atoms with Crippen LogP contribution >= 0.6 is 0 Å². The van der Waals surface area contributed by atoms with Gasteiger partial charge in [0, 0.05) is 12.6 Å². The molecule has 6 heteroatoms. The minimum atomic E-state index is -0.660. The van der Waals surface area contributed by atoms with Crippen LogP contribution in [-0.2, 0) is 22.6 Å². The molecule has 1 saturated carbocycles. The first-order valence-electron chi connectivity index (χ1n) is 10.4. The second kappa shape index (κ2) is 10.2. The molecule has 0 radical (unpaired) electrons. The molecule has 0 heterocycles. The topological polar surface area (TPSA) is 58.6 Å². The Morgan fingerprint density at radius 3 is 2.43 bits per heavy atom. The maximum absolute atomic E-state index is 14.1. The minimum Gasteiger partial charge on any atom is -0.497 e. The number of hydrogen-bond donors (Lipinski definition) is 1. The number of nitrogens with zero attached hydrogens (tertiary/aromatic N) is 1. The first-order valence-corrected chi connectivity index (χ1v) is 10.4. The Morgan fingerprint density at radius 1 is 1.13 bits per heavy atom. The van der Waals surface area contributed by atoms with Crippen molar-refractivity contribution in [3.05, 3.63) is 65.5 Å². The van der Waals surface area contributed by atoms with Gasteiger partial charge in [0.1, 0.15) is 17.6 Å². The summed E-state index contributed by atoms with van der Waals surface area (Å²) < 4.78 is 19.3. The monoisotopic (exact) mass is 412 g/mol. The smallest absolute Gasteiger partial charge is 0.242 e. The zero-order valence-electron chi connectivity index (χ0n) is 17.6. The SMILES string of the molecule is COc1ccc(CN(C(=O)Cc2ccccc2F)[C@@H](C)C(=O)NC2CCCC2)cc1. The average Bonchev–Trinajstić information content (AvgIpc) is 3.26. The number of halogens is 1. The van der Waals surface area contributed by atoms with E-state index in [1.165, 1.54) is 11.0 Å². The molecular formula is C24H29FN2O3. The third-order valence-electron chi connectivity index (χ3n) is 5.68. The Kier molecular flexibility index (Phi) is 7.44. The molecule has 5 nitrogen and oxygen atoms in total. The number of carbonyl (C=O) groups is 2. The molecule has 0 saturated heterocycles. The van der Waals surface area contributed by atoms with Crippen LogP contribution in [0, 0.1) is 5.82 Å². The molecule has 0 bridgehead atoms. The zero-order valence-corrected chi connectivity index (χ0v) is 17.6. The molecule has 0 spiro atoms. The Hall–Kier alpha value is -2.89. The molecule has 2 aromatic carbocycles. The van der Waals surface area contributed by atoms with Gasteiger partial charge in [0.05, 0.1) is 13.5 Å². The summed E-state index contributed by atoms with van der Waals surface area (Å²) in [5, 5.41) is 3.07. The van der Waals surface area contributed by atoms with E-state index in [0.29, 0.717) is 5.56 Å². The highest BCUT2D eigenvalue weighted by atomic mass is 19.1. The van der Waals surface area contributed by atoms with E-state index in [-0.39, 0.29) is 30.8 Å². The van der Waals surface area contributed by atoms with Crippen molar-refractivity contribution in [3.8, 4) is 5.75 Å². The van der Waals surface area contributed by atoms with Crippen LogP contribution in [0.2, 0.25) is 0 Å². The van der Waals surface area contributed by atoms with Crippen molar-refractivity contribution in [3.63, 3.8) is 0 Å². The van der Waals surface area contributed by atoms with Gasteiger partial charge in [-0.2, -0.15) is 0 Å². The van der Waals surface area contributed by atoms with Crippen molar-refractivity contribution >= 4 is 11.8 Å². The fourth-order valence-electron chi connectivity index (χ4n) is 3.81. The Labute approximate surface area is 177 Å². The lowest BCUT2D eigenvalue weighted by Crippen LogP contribution is -2.50. The fraction of sp³-hybridized carbons (Fsp3) is 0.417. The molecule has 160 valence electrons. The van der Waals surface area contributed by atoms with Crippen LogP contribution in [-0.4, -0.2) is 35.9 Å². The maximum atomic E-state index is 14.1. The van der Waals surface area contributed by atoms with Crippen molar-refractivity contribution in [2.45, 2.75) is 57.7 Å². The molecule has 0 unspecified atom stereocenters. The third kappa shape index (κ3) is 5.59. The number of carbonyl (C=O) groups excluding carboxylic acids is 2. The van der Waals surface area contributed by atoms with Gasteiger partial charge in [-0.3, -0.25) is 9.59 Å². The van der Waals surface area contributed by atoms with Gasteiger partial charge in [-0.15, -0.1) is 0 Å². The van der Waals surface area contributed by atoms with Gasteiger partial charge in [-0.25, -0.2) is 4.39 Å². The number of ether oxygens (including phenoxy) is 1. The largest absolute Gasteiger partial charge is 0.497 e. The third-order valence-corrected chi connectivity index (χ3v) is 5.68. The molecule has 0 aromatic heterocycles. The van der Waals surface area contributed by atoms with E-state index in [4.69, 9.17) is 4.74 Å². The summed E-state index contributed by atoms with van der Waals surface area (Å²) in [6, 6.07) is 13.1. The molecule has 3 rings (SSSR count). The van der Waals surface area contributed by atoms with Gasteiger partial charge < -0.3 is 15.0 Å². The van der Waals surface area contributed by atoms with Gasteiger partial charge in [-0.1, -0.05) is 43.2 Å². The Bertz CT molecular complexity index is 863. The van der Waals surface area contributed by atoms with E-state index < -0.39 is 11.9 Å². The molecule has 1 aliphatic rings. The number of methoxy groups -OCH3 is 1. The minimum absolute atomic E-state index is 0.0934. The summed E-state index contributed by atoms with van der Waals surface area (Å²) in [6.45, 7) is 1.99. The molecule has 2 amide bonds. The number of nitrogens with one attached hydrogen (secondary N) is 1. The Morgan fingerprint density at radius 2 is 1.80 bits per heavy atom. The lowest BCUT2D eigenvalue weighted by molar-refractivity contribution is -0.140. The normalized spacial score (nSPS) is 14.9. The summed E-state index contributed by atoms with van der Waals surface area (Å²) in [5.41, 5.74) is 1.20. The van der Waals surface area contributed by atoms with Crippen molar-refractivity contribution in [1.29, 1.82) is 0 Å². The number of rotatable bonds is 8. The van der Waals surface area contributed by atoms with E-state index in [0.717, 1.165) is 37.0 Å². The van der Waals surface area contributed by atoms with Crippen LogP contribution in [0.5, 0.6) is 5.75 Å². The van der Waals surface area contributed by atoms with E-state index in [2.05, 4.69) is 5.32 Å². The highest BCUT2D eigenvalue weighted by Gasteiger charge is 2.28. The first kappa shape index (κ1) is 21.8. The van der Waals surface area contributed by atoms with Gasteiger partial charge in [0.15, 0.2) is 0 Å². The van der Waals surface area contributed by atoms with Crippen molar-refractivity contribution < 1.29 is 18.7 Å². The van der Waals surface area contributed by atoms with Gasteiger partial charge >= 0.3 is 0 Å². The first-order chi connectivity index (χ1) is 14.5. The molecule has 1 aliphatic carbocycles. The van der Waals surface area contributed by atoms with E-state index in [9.17, 15) is 14.0 Å². The van der Waals surface area contributed by atoms with Crippen LogP contribution in [0.1, 0.15) is 43.7 Å². The predicted molar refractivity (Wildman–Crippen MR) is 114 cm³/mol. The number of amides is 2. The summed E-state index contributed by atoms with van der Waals surface area (Å²) >= 11 is 0. The van der Waals surface area contributed by atoms with Crippen LogP contribution in [0.15, 0.2) is 48.5 Å². The molecule has 1 N–H and O–H groups in total. The van der Waals surface area contributed by atoms with Crippen LogP contribution < -0.4 is 10.1 Å². The second-order valence-corrected chi connectivity index (χ2v) is 7.80. The highest BCUT2D eigenvalue weighted by Crippen LogP contribution is 2.20. The summed E-state index contributed by atoms with van der Waals surface area (Å²) in [6.07, 6.45) is 4.08. The van der Waals surface area contributed by atoms with Crippen molar-refractivity contribution in [1.82, 2.24) is 10.2 Å². The molecule has 1 atom stereocenters. The zero-order chi connectivity index (χ0) is 21.5. The molecule has 2 aromatic rings. The van der Waals surface area contributed by atoms with Crippen LogP contribution in [0.3, 0.4) is 0 Å². The van der Waals surface area contributed by atoms with Gasteiger partial charge in [-0.05, 0) is 49.1 Å². The van der Waals surface area contributed by atoms with Gasteiger partial charge in [0.25, 0.3) is 0 Å². The number of benzene rings is 2. The predicted octanol–water partition coefficient (Wildman–Crippen LogP) is 3.85. The summed E-state index contributed by atoms with van der Waals surface area (Å²) in [4.78, 5) is 27.5. The van der Waals surface area contributed by atoms with Gasteiger partial charge in [0.2, 0.25) is 11.8 Å². The van der Waals surface area contributed by atoms with Crippen LogP contribution in [0.4, 0.5) is 4.39 Å². The van der Waals surface area contributed by atoms with E-state index in [1.54, 1.807) is 32.2 Å². The fourth-order valence-corrected chi connectivity index (χ4v) is 3.81. The number of hydrogen-bond acceptors (Lipinski definition) is 3. The molecule has 0 aliphatic heterocycles. The van der Waals surface area contributed by atoms with Crippen molar-refractivity contribution in [2.24, 2.45) is 0 Å². The second-order valence-electron chi connectivity index (χ2n) is 7.80. The van der Waals surface area contributed by atoms with E-state index in [1.807, 2.05) is 24.3 Å². The molecule has 30 heavy (non-hydrogen) atoms. The average molecular weight is 413 g/mol. The van der Waals surface area contributed by atoms with Crippen LogP contribution in [0.25, 0.3) is 0 Å². The standard InChI is InChI=1S/C24H29FN2O3/c1-17(24(29)26-20-8-4-5-9-20)27(16-18-11-13-21(30-2)14-12-18)23(28)15-19-7-3-6-10-22(19)25/h3,6-7,10-14,17,20H,4-5,8-9,15-16H2,1-2H3,(H,26,29)/t17-/m0/s1. The highest BCUT2D eigenvalue weighted by molar-refractivity contribution is 5.88. The lowest BCUT2D eigenvalue weighted by atomic mass is 10.1.